The first-order valence-electron chi connectivity index (χ1n) is 6.36. The van der Waals surface area contributed by atoms with Gasteiger partial charge in [0.25, 0.3) is 0 Å². The maximum Gasteiger partial charge on any atom is 0.311 e. The van der Waals surface area contributed by atoms with Crippen LogP contribution in [0.1, 0.15) is 23.0 Å². The third-order valence-electron chi connectivity index (χ3n) is 3.38. The lowest BCUT2D eigenvalue weighted by Crippen LogP contribution is -2.26. The van der Waals surface area contributed by atoms with Crippen LogP contribution >= 0.6 is 12.4 Å². The van der Waals surface area contributed by atoms with Crippen LogP contribution in [0.5, 0.6) is 0 Å². The van der Waals surface area contributed by atoms with Gasteiger partial charge in [-0.25, -0.2) is 4.39 Å². The first kappa shape index (κ1) is 17.1. The van der Waals surface area contributed by atoms with Crippen molar-refractivity contribution in [2.24, 2.45) is 5.73 Å². The van der Waals surface area contributed by atoms with Gasteiger partial charge in [-0.05, 0) is 23.3 Å². The van der Waals surface area contributed by atoms with Crippen molar-refractivity contribution in [3.8, 4) is 0 Å². The molecule has 0 saturated heterocycles. The van der Waals surface area contributed by atoms with Gasteiger partial charge in [0.05, 0.1) is 5.92 Å². The lowest BCUT2D eigenvalue weighted by molar-refractivity contribution is -0.139. The second-order valence-electron chi connectivity index (χ2n) is 4.62. The van der Waals surface area contributed by atoms with Crippen molar-refractivity contribution in [3.63, 3.8) is 0 Å². The Morgan fingerprint density at radius 3 is 2.10 bits per heavy atom. The van der Waals surface area contributed by atoms with E-state index in [0.717, 1.165) is 5.56 Å². The number of benzene rings is 2. The number of nitrogens with two attached hydrogens (primary N) is 1. The highest BCUT2D eigenvalue weighted by Gasteiger charge is 2.29. The maximum absolute atomic E-state index is 13.0. The Kier molecular flexibility index (Phi) is 6.34. The molecule has 2 atom stereocenters. The first-order valence-corrected chi connectivity index (χ1v) is 6.36. The second-order valence-corrected chi connectivity index (χ2v) is 4.62. The molecule has 0 fully saturated rings. The predicted molar refractivity (Wildman–Crippen MR) is 82.3 cm³/mol. The first-order chi connectivity index (χ1) is 9.63. The summed E-state index contributed by atoms with van der Waals surface area (Å²) in [6.07, 6.45) is 0. The molecule has 0 radical (unpaired) electrons. The van der Waals surface area contributed by atoms with Gasteiger partial charge in [-0.1, -0.05) is 42.5 Å². The molecule has 3 N–H and O–H groups in total. The Labute approximate surface area is 129 Å². The topological polar surface area (TPSA) is 63.3 Å². The van der Waals surface area contributed by atoms with Crippen LogP contribution in [0, 0.1) is 5.82 Å². The third kappa shape index (κ3) is 4.03. The highest BCUT2D eigenvalue weighted by atomic mass is 35.5. The number of aliphatic carboxylic acids is 1. The molecule has 0 bridgehead atoms. The van der Waals surface area contributed by atoms with Crippen molar-refractivity contribution >= 4 is 18.4 Å². The lowest BCUT2D eigenvalue weighted by Gasteiger charge is -2.23. The average molecular weight is 310 g/mol. The number of carbonyl (C=O) groups is 1. The van der Waals surface area contributed by atoms with Gasteiger partial charge in [-0.3, -0.25) is 4.79 Å². The van der Waals surface area contributed by atoms with E-state index in [2.05, 4.69) is 0 Å². The van der Waals surface area contributed by atoms with Crippen molar-refractivity contribution in [1.82, 2.24) is 0 Å². The van der Waals surface area contributed by atoms with Gasteiger partial charge >= 0.3 is 5.97 Å². The molecule has 3 nitrogen and oxygen atoms in total. The average Bonchev–Trinajstić information content (AvgIpc) is 2.46. The summed E-state index contributed by atoms with van der Waals surface area (Å²) in [5, 5.41) is 9.51. The summed E-state index contributed by atoms with van der Waals surface area (Å²) < 4.78 is 13.0. The van der Waals surface area contributed by atoms with Crippen molar-refractivity contribution in [3.05, 3.63) is 71.5 Å². The molecule has 5 heteroatoms. The van der Waals surface area contributed by atoms with E-state index in [1.54, 1.807) is 36.4 Å². The summed E-state index contributed by atoms with van der Waals surface area (Å²) in [6.45, 7) is 0.178. The summed E-state index contributed by atoms with van der Waals surface area (Å²) in [5.41, 5.74) is 7.18. The molecular weight excluding hydrogens is 293 g/mol. The van der Waals surface area contributed by atoms with Crippen LogP contribution in [-0.2, 0) is 4.79 Å². The van der Waals surface area contributed by atoms with Crippen LogP contribution in [0.2, 0.25) is 0 Å². The second kappa shape index (κ2) is 7.76. The zero-order valence-electron chi connectivity index (χ0n) is 11.3. The third-order valence-corrected chi connectivity index (χ3v) is 3.38. The molecule has 0 aromatic heterocycles. The highest BCUT2D eigenvalue weighted by molar-refractivity contribution is 5.85. The summed E-state index contributed by atoms with van der Waals surface area (Å²) in [7, 11) is 0. The fourth-order valence-corrected chi connectivity index (χ4v) is 2.38. The molecule has 0 spiro atoms. The Morgan fingerprint density at radius 1 is 1.05 bits per heavy atom. The molecule has 112 valence electrons. The van der Waals surface area contributed by atoms with Gasteiger partial charge in [-0.2, -0.15) is 0 Å². The van der Waals surface area contributed by atoms with Crippen LogP contribution in [0.15, 0.2) is 54.6 Å². The summed E-state index contributed by atoms with van der Waals surface area (Å²) in [5.74, 6) is -2.42. The van der Waals surface area contributed by atoms with E-state index in [1.165, 1.54) is 12.1 Å². The summed E-state index contributed by atoms with van der Waals surface area (Å²) >= 11 is 0. The predicted octanol–water partition coefficient (Wildman–Crippen LogP) is 3.16. The van der Waals surface area contributed by atoms with Gasteiger partial charge in [0, 0.05) is 12.5 Å². The number of hydrogen-bond acceptors (Lipinski definition) is 2. The molecular formula is C16H17ClFNO2. The number of carboxylic acid groups (broad SMARTS) is 1. The fraction of sp³-hybridized carbons (Fsp3) is 0.188. The Bertz CT molecular complexity index is 575. The fourth-order valence-electron chi connectivity index (χ4n) is 2.38. The zero-order chi connectivity index (χ0) is 14.5. The summed E-state index contributed by atoms with van der Waals surface area (Å²) in [6, 6.07) is 14.8. The minimum Gasteiger partial charge on any atom is -0.481 e. The Hall–Kier alpha value is -1.91. The van der Waals surface area contributed by atoms with E-state index >= 15 is 0 Å². The quantitative estimate of drug-likeness (QED) is 0.891. The molecule has 2 aromatic carbocycles. The number of rotatable bonds is 5. The number of carboxylic acids is 1. The van der Waals surface area contributed by atoms with E-state index in [4.69, 9.17) is 5.73 Å². The Balaban J connectivity index is 0.00000220. The normalized spacial score (nSPS) is 13.0. The molecule has 0 aliphatic heterocycles. The molecule has 0 amide bonds. The van der Waals surface area contributed by atoms with Crippen LogP contribution in [0.25, 0.3) is 0 Å². The van der Waals surface area contributed by atoms with E-state index < -0.39 is 17.8 Å². The van der Waals surface area contributed by atoms with Crippen LogP contribution in [0.3, 0.4) is 0 Å². The molecule has 0 saturated carbocycles. The van der Waals surface area contributed by atoms with E-state index in [0.29, 0.717) is 5.56 Å². The molecule has 0 aliphatic rings. The minimum absolute atomic E-state index is 0. The van der Waals surface area contributed by atoms with Crippen molar-refractivity contribution in [2.75, 3.05) is 6.54 Å². The van der Waals surface area contributed by atoms with Gasteiger partial charge in [0.1, 0.15) is 5.82 Å². The van der Waals surface area contributed by atoms with Gasteiger partial charge < -0.3 is 10.8 Å². The van der Waals surface area contributed by atoms with Crippen LogP contribution < -0.4 is 5.73 Å². The van der Waals surface area contributed by atoms with Crippen molar-refractivity contribution in [2.45, 2.75) is 11.8 Å². The zero-order valence-corrected chi connectivity index (χ0v) is 12.1. The molecule has 0 aliphatic carbocycles. The van der Waals surface area contributed by atoms with Crippen LogP contribution in [0.4, 0.5) is 4.39 Å². The summed E-state index contributed by atoms with van der Waals surface area (Å²) in [4.78, 5) is 11.6. The largest absolute Gasteiger partial charge is 0.481 e. The van der Waals surface area contributed by atoms with E-state index in [1.807, 2.05) is 6.07 Å². The van der Waals surface area contributed by atoms with Crippen molar-refractivity contribution in [1.29, 1.82) is 0 Å². The molecule has 0 heterocycles. The monoisotopic (exact) mass is 309 g/mol. The maximum atomic E-state index is 13.0. The molecule has 2 unspecified atom stereocenters. The Morgan fingerprint density at radius 2 is 1.62 bits per heavy atom. The van der Waals surface area contributed by atoms with E-state index in [-0.39, 0.29) is 24.8 Å². The van der Waals surface area contributed by atoms with Crippen molar-refractivity contribution < 1.29 is 14.3 Å². The molecule has 21 heavy (non-hydrogen) atoms. The lowest BCUT2D eigenvalue weighted by atomic mass is 9.81. The molecule has 2 aromatic rings. The molecule has 2 rings (SSSR count). The standard InChI is InChI=1S/C16H16FNO2.ClH/c17-13-8-6-11(7-9-13)14(10-18)15(16(19)20)12-4-2-1-3-5-12;/h1-9,14-15H,10,18H2,(H,19,20);1H. The van der Waals surface area contributed by atoms with Gasteiger partial charge in [0.2, 0.25) is 0 Å². The smallest absolute Gasteiger partial charge is 0.311 e. The van der Waals surface area contributed by atoms with Crippen LogP contribution in [-0.4, -0.2) is 17.6 Å². The van der Waals surface area contributed by atoms with Gasteiger partial charge in [0.15, 0.2) is 0 Å². The number of hydrogen-bond donors (Lipinski definition) is 2. The van der Waals surface area contributed by atoms with E-state index in [9.17, 15) is 14.3 Å². The van der Waals surface area contributed by atoms with Gasteiger partial charge in [-0.15, -0.1) is 12.4 Å². The number of halogens is 2. The SMILES string of the molecule is Cl.NCC(c1ccc(F)cc1)C(C(=O)O)c1ccccc1. The highest BCUT2D eigenvalue weighted by Crippen LogP contribution is 2.32. The minimum atomic E-state index is -0.934.